The topological polar surface area (TPSA) is 36.7 Å². The zero-order valence-corrected chi connectivity index (χ0v) is 9.36. The first kappa shape index (κ1) is 10.4. The summed E-state index contributed by atoms with van der Waals surface area (Å²) in [7, 11) is 0. The Morgan fingerprint density at radius 1 is 1.00 bits per heavy atom. The molecule has 16 heavy (non-hydrogen) atoms. The highest BCUT2D eigenvalue weighted by atomic mass is 14.7. The molecule has 0 spiro atoms. The van der Waals surface area contributed by atoms with Gasteiger partial charge in [-0.2, -0.15) is 5.26 Å². The molecule has 0 amide bonds. The molecule has 0 saturated heterocycles. The van der Waals surface area contributed by atoms with E-state index in [-0.39, 0.29) is 0 Å². The zero-order valence-electron chi connectivity index (χ0n) is 9.36. The number of aryl methyl sites for hydroxylation is 2. The van der Waals surface area contributed by atoms with Crippen LogP contribution >= 0.6 is 0 Å². The van der Waals surface area contributed by atoms with Gasteiger partial charge in [0, 0.05) is 6.20 Å². The lowest BCUT2D eigenvalue weighted by atomic mass is 10.0. The van der Waals surface area contributed by atoms with E-state index in [1.165, 1.54) is 11.1 Å². The van der Waals surface area contributed by atoms with Crippen LogP contribution in [0.15, 0.2) is 36.5 Å². The number of nitrogens with zero attached hydrogens (tertiary/aromatic N) is 2. The summed E-state index contributed by atoms with van der Waals surface area (Å²) >= 11 is 0. The summed E-state index contributed by atoms with van der Waals surface area (Å²) in [6, 6.07) is 12.2. The lowest BCUT2D eigenvalue weighted by Gasteiger charge is -2.05. The molecule has 0 aliphatic heterocycles. The van der Waals surface area contributed by atoms with Crippen molar-refractivity contribution < 1.29 is 0 Å². The minimum absolute atomic E-state index is 0.455. The number of pyridine rings is 1. The van der Waals surface area contributed by atoms with E-state index in [1.807, 2.05) is 12.1 Å². The van der Waals surface area contributed by atoms with Gasteiger partial charge in [-0.3, -0.25) is 0 Å². The molecule has 2 rings (SSSR count). The van der Waals surface area contributed by atoms with Gasteiger partial charge in [0.25, 0.3) is 0 Å². The fraction of sp³-hybridized carbons (Fsp3) is 0.143. The molecular formula is C14H12N2. The van der Waals surface area contributed by atoms with Crippen molar-refractivity contribution in [3.63, 3.8) is 0 Å². The monoisotopic (exact) mass is 208 g/mol. The van der Waals surface area contributed by atoms with Crippen LogP contribution < -0.4 is 0 Å². The maximum absolute atomic E-state index is 8.81. The van der Waals surface area contributed by atoms with E-state index in [9.17, 15) is 0 Å². The Bertz CT molecular complexity index is 545. The van der Waals surface area contributed by atoms with E-state index in [0.29, 0.717) is 5.69 Å². The van der Waals surface area contributed by atoms with Gasteiger partial charge in [-0.05, 0) is 37.1 Å². The fourth-order valence-electron chi connectivity index (χ4n) is 1.81. The van der Waals surface area contributed by atoms with Crippen molar-refractivity contribution in [3.05, 3.63) is 53.3 Å². The van der Waals surface area contributed by atoms with Gasteiger partial charge in [0.1, 0.15) is 11.8 Å². The Morgan fingerprint density at radius 3 is 2.31 bits per heavy atom. The lowest BCUT2D eigenvalue weighted by Crippen LogP contribution is -1.86. The normalized spacial score (nSPS) is 9.81. The number of nitriles is 1. The molecular weight excluding hydrogens is 196 g/mol. The van der Waals surface area contributed by atoms with Crippen LogP contribution in [0.5, 0.6) is 0 Å². The third kappa shape index (κ3) is 2.09. The Hall–Kier alpha value is -2.14. The Labute approximate surface area is 95.2 Å². The second-order valence-corrected chi connectivity index (χ2v) is 3.92. The van der Waals surface area contributed by atoms with E-state index in [1.54, 1.807) is 6.20 Å². The minimum Gasteiger partial charge on any atom is -0.246 e. The SMILES string of the molecule is Cc1cc(C)cc(-c2ccnc(C#N)c2)c1. The summed E-state index contributed by atoms with van der Waals surface area (Å²) in [4.78, 5) is 3.97. The van der Waals surface area contributed by atoms with Crippen molar-refractivity contribution in [1.29, 1.82) is 5.26 Å². The molecule has 0 saturated carbocycles. The molecule has 0 N–H and O–H groups in total. The molecule has 0 radical (unpaired) electrons. The van der Waals surface area contributed by atoms with Crippen molar-refractivity contribution in [2.24, 2.45) is 0 Å². The molecule has 0 aliphatic carbocycles. The molecule has 1 heterocycles. The lowest BCUT2D eigenvalue weighted by molar-refractivity contribution is 1.26. The first-order valence-electron chi connectivity index (χ1n) is 5.14. The van der Waals surface area contributed by atoms with Gasteiger partial charge in [0.05, 0.1) is 0 Å². The molecule has 1 aromatic heterocycles. The average molecular weight is 208 g/mol. The summed E-state index contributed by atoms with van der Waals surface area (Å²) in [5.74, 6) is 0. The highest BCUT2D eigenvalue weighted by Crippen LogP contribution is 2.22. The zero-order chi connectivity index (χ0) is 11.5. The fourth-order valence-corrected chi connectivity index (χ4v) is 1.81. The van der Waals surface area contributed by atoms with Gasteiger partial charge in [-0.25, -0.2) is 4.98 Å². The van der Waals surface area contributed by atoms with Crippen LogP contribution in [0.1, 0.15) is 16.8 Å². The summed E-state index contributed by atoms with van der Waals surface area (Å²) in [6.07, 6.45) is 1.67. The van der Waals surface area contributed by atoms with E-state index < -0.39 is 0 Å². The minimum atomic E-state index is 0.455. The van der Waals surface area contributed by atoms with Crippen molar-refractivity contribution >= 4 is 0 Å². The third-order valence-electron chi connectivity index (χ3n) is 2.43. The molecule has 2 aromatic rings. The highest BCUT2D eigenvalue weighted by Gasteiger charge is 2.01. The maximum atomic E-state index is 8.81. The Morgan fingerprint density at radius 2 is 1.69 bits per heavy atom. The van der Waals surface area contributed by atoms with E-state index >= 15 is 0 Å². The van der Waals surface area contributed by atoms with Gasteiger partial charge < -0.3 is 0 Å². The Balaban J connectivity index is 2.54. The molecule has 1 aromatic carbocycles. The molecule has 0 fully saturated rings. The van der Waals surface area contributed by atoms with Crippen LogP contribution in [0.4, 0.5) is 0 Å². The summed E-state index contributed by atoms with van der Waals surface area (Å²) in [5.41, 5.74) is 5.09. The van der Waals surface area contributed by atoms with Gasteiger partial charge in [-0.15, -0.1) is 0 Å². The predicted octanol–water partition coefficient (Wildman–Crippen LogP) is 3.24. The second kappa shape index (κ2) is 4.16. The van der Waals surface area contributed by atoms with Crippen LogP contribution in [-0.4, -0.2) is 4.98 Å². The number of benzene rings is 1. The molecule has 0 unspecified atom stereocenters. The molecule has 2 heteroatoms. The molecule has 0 bridgehead atoms. The van der Waals surface area contributed by atoms with Crippen LogP contribution in [0.3, 0.4) is 0 Å². The third-order valence-corrected chi connectivity index (χ3v) is 2.43. The van der Waals surface area contributed by atoms with Gasteiger partial charge in [0.15, 0.2) is 0 Å². The predicted molar refractivity (Wildman–Crippen MR) is 63.9 cm³/mol. The highest BCUT2D eigenvalue weighted by molar-refractivity contribution is 5.65. The summed E-state index contributed by atoms with van der Waals surface area (Å²) < 4.78 is 0. The number of hydrogen-bond donors (Lipinski definition) is 0. The molecule has 78 valence electrons. The van der Waals surface area contributed by atoms with Crippen molar-refractivity contribution in [3.8, 4) is 17.2 Å². The Kier molecular flexibility index (Phi) is 2.70. The number of hydrogen-bond acceptors (Lipinski definition) is 2. The maximum Gasteiger partial charge on any atom is 0.141 e. The van der Waals surface area contributed by atoms with Crippen molar-refractivity contribution in [2.75, 3.05) is 0 Å². The molecule has 0 atom stereocenters. The quantitative estimate of drug-likeness (QED) is 0.721. The average Bonchev–Trinajstić information content (AvgIpc) is 2.28. The van der Waals surface area contributed by atoms with E-state index in [0.717, 1.165) is 11.1 Å². The number of aromatic nitrogens is 1. The van der Waals surface area contributed by atoms with Crippen LogP contribution in [-0.2, 0) is 0 Å². The second-order valence-electron chi connectivity index (χ2n) is 3.92. The van der Waals surface area contributed by atoms with Gasteiger partial charge in [0.2, 0.25) is 0 Å². The number of rotatable bonds is 1. The van der Waals surface area contributed by atoms with Gasteiger partial charge >= 0.3 is 0 Å². The summed E-state index contributed by atoms with van der Waals surface area (Å²) in [5, 5.41) is 8.81. The molecule has 2 nitrogen and oxygen atoms in total. The first-order chi connectivity index (χ1) is 7.69. The van der Waals surface area contributed by atoms with Crippen molar-refractivity contribution in [2.45, 2.75) is 13.8 Å². The smallest absolute Gasteiger partial charge is 0.141 e. The summed E-state index contributed by atoms with van der Waals surface area (Å²) in [6.45, 7) is 4.14. The first-order valence-corrected chi connectivity index (χ1v) is 5.14. The largest absolute Gasteiger partial charge is 0.246 e. The standard InChI is InChI=1S/C14H12N2/c1-10-5-11(2)7-13(6-10)12-3-4-16-14(8-12)9-15/h3-8H,1-2H3. The van der Waals surface area contributed by atoms with Crippen LogP contribution in [0.25, 0.3) is 11.1 Å². The van der Waals surface area contributed by atoms with Crippen molar-refractivity contribution in [1.82, 2.24) is 4.98 Å². The van der Waals surface area contributed by atoms with Crippen LogP contribution in [0.2, 0.25) is 0 Å². The molecule has 0 aliphatic rings. The van der Waals surface area contributed by atoms with E-state index in [2.05, 4.69) is 43.1 Å². The van der Waals surface area contributed by atoms with Gasteiger partial charge in [-0.1, -0.05) is 29.3 Å². The van der Waals surface area contributed by atoms with Crippen LogP contribution in [0, 0.1) is 25.2 Å². The van der Waals surface area contributed by atoms with E-state index in [4.69, 9.17) is 5.26 Å².